The molecule has 1 amide bonds. The average Bonchev–Trinajstić information content (AvgIpc) is 2.71. The van der Waals surface area contributed by atoms with Gasteiger partial charge in [-0.1, -0.05) is 43.7 Å². The lowest BCUT2D eigenvalue weighted by molar-refractivity contribution is -0.128. The molecule has 1 aliphatic rings. The highest BCUT2D eigenvalue weighted by molar-refractivity contribution is 5.83. The SMILES string of the molecule is CCCC(NC1CCN(C)C1=O)c1ccccc1. The quantitative estimate of drug-likeness (QED) is 0.865. The third-order valence-electron chi connectivity index (χ3n) is 3.61. The average molecular weight is 246 g/mol. The second-order valence-electron chi connectivity index (χ2n) is 5.02. The number of amides is 1. The second kappa shape index (κ2) is 6.01. The van der Waals surface area contributed by atoms with Crippen molar-refractivity contribution in [1.29, 1.82) is 0 Å². The number of likely N-dealkylation sites (tertiary alicyclic amines) is 1. The summed E-state index contributed by atoms with van der Waals surface area (Å²) in [6.07, 6.45) is 3.10. The highest BCUT2D eigenvalue weighted by atomic mass is 16.2. The van der Waals surface area contributed by atoms with E-state index < -0.39 is 0 Å². The molecule has 2 unspecified atom stereocenters. The van der Waals surface area contributed by atoms with E-state index in [1.807, 2.05) is 18.0 Å². The number of nitrogens with zero attached hydrogens (tertiary/aromatic N) is 1. The van der Waals surface area contributed by atoms with Crippen LogP contribution in [0.5, 0.6) is 0 Å². The minimum Gasteiger partial charge on any atom is -0.344 e. The van der Waals surface area contributed by atoms with Crippen LogP contribution in [-0.4, -0.2) is 30.4 Å². The molecule has 3 nitrogen and oxygen atoms in total. The van der Waals surface area contributed by atoms with Crippen molar-refractivity contribution in [2.24, 2.45) is 0 Å². The van der Waals surface area contributed by atoms with Crippen LogP contribution in [0.4, 0.5) is 0 Å². The van der Waals surface area contributed by atoms with Crippen molar-refractivity contribution in [2.75, 3.05) is 13.6 Å². The normalized spacial score (nSPS) is 21.3. The van der Waals surface area contributed by atoms with Crippen LogP contribution in [0.15, 0.2) is 30.3 Å². The fourth-order valence-electron chi connectivity index (χ4n) is 2.54. The molecule has 1 aromatic carbocycles. The first kappa shape index (κ1) is 13.1. The van der Waals surface area contributed by atoms with E-state index >= 15 is 0 Å². The number of hydrogen-bond acceptors (Lipinski definition) is 2. The Morgan fingerprint density at radius 1 is 1.39 bits per heavy atom. The largest absolute Gasteiger partial charge is 0.344 e. The van der Waals surface area contributed by atoms with Crippen LogP contribution in [0, 0.1) is 0 Å². The van der Waals surface area contributed by atoms with Crippen molar-refractivity contribution in [1.82, 2.24) is 10.2 Å². The van der Waals surface area contributed by atoms with Crippen LogP contribution in [-0.2, 0) is 4.79 Å². The minimum atomic E-state index is -0.00763. The molecule has 0 aliphatic carbocycles. The number of carbonyl (C=O) groups is 1. The second-order valence-corrected chi connectivity index (χ2v) is 5.02. The monoisotopic (exact) mass is 246 g/mol. The molecule has 2 rings (SSSR count). The van der Waals surface area contributed by atoms with Crippen molar-refractivity contribution in [2.45, 2.75) is 38.3 Å². The van der Waals surface area contributed by atoms with Gasteiger partial charge in [-0.25, -0.2) is 0 Å². The number of likely N-dealkylation sites (N-methyl/N-ethyl adjacent to an activating group) is 1. The van der Waals surface area contributed by atoms with Crippen molar-refractivity contribution in [3.63, 3.8) is 0 Å². The lowest BCUT2D eigenvalue weighted by Crippen LogP contribution is -2.39. The molecule has 1 heterocycles. The van der Waals surface area contributed by atoms with Crippen LogP contribution in [0.1, 0.15) is 37.8 Å². The van der Waals surface area contributed by atoms with Gasteiger partial charge in [-0.15, -0.1) is 0 Å². The molecule has 0 spiro atoms. The van der Waals surface area contributed by atoms with E-state index in [0.29, 0.717) is 0 Å². The Morgan fingerprint density at radius 2 is 2.11 bits per heavy atom. The molecule has 98 valence electrons. The van der Waals surface area contributed by atoms with Gasteiger partial charge in [0, 0.05) is 19.6 Å². The summed E-state index contributed by atoms with van der Waals surface area (Å²) in [6, 6.07) is 10.7. The van der Waals surface area contributed by atoms with Gasteiger partial charge in [-0.2, -0.15) is 0 Å². The van der Waals surface area contributed by atoms with E-state index in [4.69, 9.17) is 0 Å². The van der Waals surface area contributed by atoms with Gasteiger partial charge in [0.25, 0.3) is 0 Å². The molecular weight excluding hydrogens is 224 g/mol. The summed E-state index contributed by atoms with van der Waals surface area (Å²) in [6.45, 7) is 3.05. The van der Waals surface area contributed by atoms with Crippen LogP contribution in [0.3, 0.4) is 0 Å². The summed E-state index contributed by atoms with van der Waals surface area (Å²) < 4.78 is 0. The molecule has 1 N–H and O–H groups in total. The van der Waals surface area contributed by atoms with Gasteiger partial charge >= 0.3 is 0 Å². The van der Waals surface area contributed by atoms with Crippen molar-refractivity contribution >= 4 is 5.91 Å². The first-order chi connectivity index (χ1) is 8.72. The van der Waals surface area contributed by atoms with Gasteiger partial charge in [0.1, 0.15) is 0 Å². The van der Waals surface area contributed by atoms with E-state index in [-0.39, 0.29) is 18.0 Å². The zero-order valence-corrected chi connectivity index (χ0v) is 11.2. The third-order valence-corrected chi connectivity index (χ3v) is 3.61. The molecule has 3 heteroatoms. The van der Waals surface area contributed by atoms with E-state index in [1.165, 1.54) is 5.56 Å². The van der Waals surface area contributed by atoms with Gasteiger partial charge < -0.3 is 4.90 Å². The van der Waals surface area contributed by atoms with E-state index in [2.05, 4.69) is 36.5 Å². The van der Waals surface area contributed by atoms with Gasteiger partial charge in [-0.05, 0) is 18.4 Å². The van der Waals surface area contributed by atoms with Crippen molar-refractivity contribution < 1.29 is 4.79 Å². The maximum Gasteiger partial charge on any atom is 0.239 e. The van der Waals surface area contributed by atoms with E-state index in [1.54, 1.807) is 0 Å². The highest BCUT2D eigenvalue weighted by Gasteiger charge is 2.30. The maximum atomic E-state index is 11.9. The smallest absolute Gasteiger partial charge is 0.239 e. The standard InChI is InChI=1S/C15H22N2O/c1-3-7-13(12-8-5-4-6-9-12)16-14-10-11-17(2)15(14)18/h4-6,8-9,13-14,16H,3,7,10-11H2,1-2H3. The molecule has 1 aliphatic heterocycles. The summed E-state index contributed by atoms with van der Waals surface area (Å²) in [5.74, 6) is 0.229. The lowest BCUT2D eigenvalue weighted by atomic mass is 10.0. The van der Waals surface area contributed by atoms with E-state index in [0.717, 1.165) is 25.8 Å². The van der Waals surface area contributed by atoms with E-state index in [9.17, 15) is 4.79 Å². The molecule has 0 bridgehead atoms. The Hall–Kier alpha value is -1.35. The zero-order chi connectivity index (χ0) is 13.0. The fourth-order valence-corrected chi connectivity index (χ4v) is 2.54. The number of nitrogens with one attached hydrogen (secondary N) is 1. The molecule has 1 aromatic rings. The summed E-state index contributed by atoms with van der Waals surface area (Å²) in [7, 11) is 1.88. The molecule has 2 atom stereocenters. The summed E-state index contributed by atoms with van der Waals surface area (Å²) >= 11 is 0. The topological polar surface area (TPSA) is 32.3 Å². The first-order valence-corrected chi connectivity index (χ1v) is 6.78. The predicted octanol–water partition coefficient (Wildman–Crippen LogP) is 2.35. The van der Waals surface area contributed by atoms with Crippen LogP contribution >= 0.6 is 0 Å². The van der Waals surface area contributed by atoms with Crippen LogP contribution in [0.2, 0.25) is 0 Å². The van der Waals surface area contributed by atoms with Gasteiger partial charge in [-0.3, -0.25) is 10.1 Å². The molecular formula is C15H22N2O. The van der Waals surface area contributed by atoms with Gasteiger partial charge in [0.2, 0.25) is 5.91 Å². The van der Waals surface area contributed by atoms with Crippen LogP contribution in [0.25, 0.3) is 0 Å². The molecule has 18 heavy (non-hydrogen) atoms. The predicted molar refractivity (Wildman–Crippen MR) is 73.3 cm³/mol. The molecule has 0 saturated carbocycles. The maximum absolute atomic E-state index is 11.9. The number of carbonyl (C=O) groups excluding carboxylic acids is 1. The first-order valence-electron chi connectivity index (χ1n) is 6.78. The Bertz CT molecular complexity index is 391. The Morgan fingerprint density at radius 3 is 2.67 bits per heavy atom. The number of benzene rings is 1. The molecule has 0 aromatic heterocycles. The van der Waals surface area contributed by atoms with Gasteiger partial charge in [0.15, 0.2) is 0 Å². The zero-order valence-electron chi connectivity index (χ0n) is 11.2. The van der Waals surface area contributed by atoms with Crippen LogP contribution < -0.4 is 5.32 Å². The van der Waals surface area contributed by atoms with Gasteiger partial charge in [0.05, 0.1) is 6.04 Å². The number of rotatable bonds is 5. The lowest BCUT2D eigenvalue weighted by Gasteiger charge is -2.22. The molecule has 0 radical (unpaired) electrons. The number of hydrogen-bond donors (Lipinski definition) is 1. The Labute approximate surface area is 109 Å². The Kier molecular flexibility index (Phi) is 4.37. The third kappa shape index (κ3) is 2.91. The van der Waals surface area contributed by atoms with Crippen molar-refractivity contribution in [3.05, 3.63) is 35.9 Å². The van der Waals surface area contributed by atoms with Crippen molar-refractivity contribution in [3.8, 4) is 0 Å². The molecule has 1 saturated heterocycles. The Balaban J connectivity index is 2.05. The summed E-state index contributed by atoms with van der Waals surface area (Å²) in [5, 5.41) is 3.52. The summed E-state index contributed by atoms with van der Waals surface area (Å²) in [4.78, 5) is 13.8. The summed E-state index contributed by atoms with van der Waals surface area (Å²) in [5.41, 5.74) is 1.28. The molecule has 1 fully saturated rings. The highest BCUT2D eigenvalue weighted by Crippen LogP contribution is 2.21. The minimum absolute atomic E-state index is 0.00763. The fraction of sp³-hybridized carbons (Fsp3) is 0.533.